The van der Waals surface area contributed by atoms with Crippen molar-refractivity contribution in [3.63, 3.8) is 0 Å². The third kappa shape index (κ3) is 2.51. The molecule has 0 unspecified atom stereocenters. The predicted molar refractivity (Wildman–Crippen MR) is 44.4 cm³/mol. The molecule has 0 aromatic carbocycles. The summed E-state index contributed by atoms with van der Waals surface area (Å²) in [5.74, 6) is 0.403. The van der Waals surface area contributed by atoms with Crippen LogP contribution in [0.25, 0.3) is 0 Å². The maximum Gasteiger partial charge on any atom is 0.222 e. The molecule has 0 aliphatic heterocycles. The molecule has 1 aromatic heterocycles. The van der Waals surface area contributed by atoms with Crippen molar-refractivity contribution in [2.75, 3.05) is 5.32 Å². The number of amides is 1. The lowest BCUT2D eigenvalue weighted by atomic mass is 10.4. The summed E-state index contributed by atoms with van der Waals surface area (Å²) in [6.07, 6.45) is 1.53. The molecule has 0 aliphatic rings. The van der Waals surface area contributed by atoms with Crippen LogP contribution in [0.3, 0.4) is 0 Å². The first-order chi connectivity index (χ1) is 5.18. The number of pyridine rings is 1. The van der Waals surface area contributed by atoms with Gasteiger partial charge in [0.25, 0.3) is 0 Å². The van der Waals surface area contributed by atoms with Crippen LogP contribution in [0.15, 0.2) is 23.2 Å². The van der Waals surface area contributed by atoms with E-state index >= 15 is 0 Å². The lowest BCUT2D eigenvalue weighted by molar-refractivity contribution is -0.114. The molecule has 1 heterocycles. The summed E-state index contributed by atoms with van der Waals surface area (Å²) >= 11 is 4.81. The average molecular weight is 167 g/mol. The topological polar surface area (TPSA) is 42.0 Å². The zero-order chi connectivity index (χ0) is 8.27. The van der Waals surface area contributed by atoms with E-state index in [4.69, 9.17) is 12.6 Å². The van der Waals surface area contributed by atoms with Gasteiger partial charge in [-0.2, -0.15) is 0 Å². The molecule has 0 saturated heterocycles. The maximum atomic E-state index is 10.5. The summed E-state index contributed by atoms with van der Waals surface area (Å²) in [6, 6.07) is 3.39. The second-order valence-corrected chi connectivity index (χ2v) is 2.53. The molecular weight excluding hydrogens is 160 g/mol. The normalized spacial score (nSPS) is 9.18. The summed E-state index contributed by atoms with van der Waals surface area (Å²) in [4.78, 5) is 15.1. The van der Waals surface area contributed by atoms with Gasteiger partial charge in [0.1, 0.15) is 5.82 Å². The Morgan fingerprint density at radius 2 is 2.36 bits per heavy atom. The summed E-state index contributed by atoms with van der Waals surface area (Å²) in [5.41, 5.74) is 0. The Bertz CT molecular complexity index is 258. The van der Waals surface area contributed by atoms with Crippen molar-refractivity contribution in [1.29, 1.82) is 0 Å². The van der Waals surface area contributed by atoms with E-state index in [1.54, 1.807) is 12.1 Å². The first-order valence-electron chi connectivity index (χ1n) is 3.09. The fourth-order valence-electron chi connectivity index (χ4n) is 0.635. The van der Waals surface area contributed by atoms with Gasteiger partial charge >= 0.3 is 0 Å². The van der Waals surface area contributed by atoms with Gasteiger partial charge in [0.05, 0.1) is 4.90 Å². The van der Waals surface area contributed by atoms with Gasteiger partial charge in [0.15, 0.2) is 0 Å². The van der Waals surface area contributed by atoms with Gasteiger partial charge in [0, 0.05) is 13.1 Å². The van der Waals surface area contributed by atoms with E-state index in [-0.39, 0.29) is 5.91 Å². The van der Waals surface area contributed by atoms with Gasteiger partial charge in [-0.05, 0) is 12.1 Å². The number of carbonyl (C=O) groups excluding carboxylic acids is 1. The largest absolute Gasteiger partial charge is 0.311 e. The molecule has 3 nitrogen and oxygen atoms in total. The van der Waals surface area contributed by atoms with Crippen molar-refractivity contribution < 1.29 is 4.79 Å². The molecule has 0 aliphatic carbocycles. The molecule has 1 N–H and O–H groups in total. The Morgan fingerprint density at radius 3 is 2.82 bits per heavy atom. The van der Waals surface area contributed by atoms with Crippen LogP contribution >= 0.6 is 12.6 Å². The molecular formula is C7H7N2OS. The fourth-order valence-corrected chi connectivity index (χ4v) is 0.755. The van der Waals surface area contributed by atoms with E-state index in [0.717, 1.165) is 0 Å². The first-order valence-corrected chi connectivity index (χ1v) is 3.50. The Hall–Kier alpha value is -1.16. The number of rotatable bonds is 1. The Balaban J connectivity index is 2.74. The Morgan fingerprint density at radius 1 is 1.64 bits per heavy atom. The Kier molecular flexibility index (Phi) is 2.38. The highest BCUT2D eigenvalue weighted by Gasteiger charge is 1.94. The zero-order valence-electron chi connectivity index (χ0n) is 6.00. The summed E-state index contributed by atoms with van der Waals surface area (Å²) in [7, 11) is 0. The van der Waals surface area contributed by atoms with Crippen LogP contribution in [-0.2, 0) is 4.79 Å². The van der Waals surface area contributed by atoms with Crippen LogP contribution < -0.4 is 5.32 Å². The molecule has 4 heteroatoms. The van der Waals surface area contributed by atoms with Gasteiger partial charge in [-0.15, -0.1) is 0 Å². The smallest absolute Gasteiger partial charge is 0.222 e. The molecule has 1 amide bonds. The number of nitrogens with one attached hydrogen (secondary N) is 1. The maximum absolute atomic E-state index is 10.5. The minimum atomic E-state index is -0.130. The molecule has 0 atom stereocenters. The molecule has 1 aromatic rings. The molecule has 0 bridgehead atoms. The van der Waals surface area contributed by atoms with E-state index in [1.165, 1.54) is 13.1 Å². The number of hydrogen-bond acceptors (Lipinski definition) is 2. The van der Waals surface area contributed by atoms with E-state index in [0.29, 0.717) is 10.7 Å². The van der Waals surface area contributed by atoms with Crippen LogP contribution in [0.4, 0.5) is 5.82 Å². The number of nitrogens with zero attached hydrogens (tertiary/aromatic N) is 1. The summed E-state index contributed by atoms with van der Waals surface area (Å²) in [6.45, 7) is 1.43. The van der Waals surface area contributed by atoms with Crippen molar-refractivity contribution in [2.24, 2.45) is 0 Å². The van der Waals surface area contributed by atoms with Gasteiger partial charge in [-0.3, -0.25) is 4.79 Å². The minimum Gasteiger partial charge on any atom is -0.311 e. The van der Waals surface area contributed by atoms with Crippen molar-refractivity contribution in [2.45, 2.75) is 11.8 Å². The Labute approximate surface area is 70.2 Å². The molecule has 1 radical (unpaired) electrons. The van der Waals surface area contributed by atoms with Crippen LogP contribution in [0.5, 0.6) is 0 Å². The zero-order valence-corrected chi connectivity index (χ0v) is 6.81. The molecule has 0 spiro atoms. The van der Waals surface area contributed by atoms with Crippen LogP contribution in [0.1, 0.15) is 6.92 Å². The second-order valence-electron chi connectivity index (χ2n) is 2.06. The monoisotopic (exact) mass is 167 g/mol. The molecule has 0 fully saturated rings. The van der Waals surface area contributed by atoms with Crippen LogP contribution in [0, 0.1) is 0 Å². The summed E-state index contributed by atoms with van der Waals surface area (Å²) in [5, 5.41) is 2.54. The number of anilines is 1. The van der Waals surface area contributed by atoms with E-state index < -0.39 is 0 Å². The highest BCUT2D eigenvalue weighted by molar-refractivity contribution is 7.80. The van der Waals surface area contributed by atoms with Crippen LogP contribution in [-0.4, -0.2) is 10.9 Å². The molecule has 0 saturated carbocycles. The first kappa shape index (κ1) is 7.94. The fraction of sp³-hybridized carbons (Fsp3) is 0.143. The SMILES string of the molecule is CC(=O)Nc1ccc([S])cn1. The second kappa shape index (κ2) is 3.30. The van der Waals surface area contributed by atoms with Crippen molar-refractivity contribution in [3.8, 4) is 0 Å². The highest BCUT2D eigenvalue weighted by atomic mass is 32.1. The van der Waals surface area contributed by atoms with Crippen molar-refractivity contribution in [1.82, 2.24) is 4.98 Å². The third-order valence-corrected chi connectivity index (χ3v) is 1.28. The van der Waals surface area contributed by atoms with Crippen molar-refractivity contribution >= 4 is 24.4 Å². The molecule has 1 rings (SSSR count). The average Bonchev–Trinajstić information content (AvgIpc) is 1.93. The van der Waals surface area contributed by atoms with Crippen LogP contribution in [0.2, 0.25) is 0 Å². The van der Waals surface area contributed by atoms with Gasteiger partial charge in [0.2, 0.25) is 5.91 Å². The van der Waals surface area contributed by atoms with E-state index in [9.17, 15) is 4.79 Å². The standard InChI is InChI=1S/C7H7N2OS/c1-5(10)9-7-3-2-6(11)4-8-7/h2-4H,1H3,(H,8,9,10). The van der Waals surface area contributed by atoms with E-state index in [2.05, 4.69) is 10.3 Å². The van der Waals surface area contributed by atoms with Crippen molar-refractivity contribution in [3.05, 3.63) is 18.3 Å². The molecule has 57 valence electrons. The predicted octanol–water partition coefficient (Wildman–Crippen LogP) is 1.60. The quantitative estimate of drug-likeness (QED) is 0.690. The number of hydrogen-bond donors (Lipinski definition) is 1. The van der Waals surface area contributed by atoms with Gasteiger partial charge in [-0.1, -0.05) is 12.6 Å². The van der Waals surface area contributed by atoms with Gasteiger partial charge in [-0.25, -0.2) is 4.98 Å². The lowest BCUT2D eigenvalue weighted by Crippen LogP contribution is -2.06. The number of carbonyl (C=O) groups is 1. The lowest BCUT2D eigenvalue weighted by Gasteiger charge is -1.98. The molecule has 11 heavy (non-hydrogen) atoms. The van der Waals surface area contributed by atoms with E-state index in [1.807, 2.05) is 0 Å². The number of aromatic nitrogens is 1. The summed E-state index contributed by atoms with van der Waals surface area (Å²) < 4.78 is 0. The highest BCUT2D eigenvalue weighted by Crippen LogP contribution is 2.07. The minimum absolute atomic E-state index is 0.130. The van der Waals surface area contributed by atoms with Gasteiger partial charge < -0.3 is 5.32 Å². The third-order valence-electron chi connectivity index (χ3n) is 1.04.